The molecule has 2 rings (SSSR count). The highest BCUT2D eigenvalue weighted by atomic mass is 127. The van der Waals surface area contributed by atoms with Crippen LogP contribution in [0.15, 0.2) is 29.8 Å². The van der Waals surface area contributed by atoms with Crippen molar-refractivity contribution in [3.8, 4) is 0 Å². The van der Waals surface area contributed by atoms with Crippen molar-refractivity contribution in [2.45, 2.75) is 38.1 Å². The third kappa shape index (κ3) is 3.49. The van der Waals surface area contributed by atoms with Gasteiger partial charge in [-0.15, -0.1) is 0 Å². The van der Waals surface area contributed by atoms with Gasteiger partial charge in [0.15, 0.2) is 0 Å². The smallest absolute Gasteiger partial charge is 0.0544 e. The molecular weight excluding hydrogens is 357 g/mol. The normalized spacial score (nSPS) is 18.1. The van der Waals surface area contributed by atoms with Crippen LogP contribution in [0.4, 0.5) is 0 Å². The molecule has 0 heterocycles. The molecule has 0 fully saturated rings. The van der Waals surface area contributed by atoms with Crippen molar-refractivity contribution in [2.24, 2.45) is 0 Å². The summed E-state index contributed by atoms with van der Waals surface area (Å²) in [5, 5.41) is 4.27. The van der Waals surface area contributed by atoms with Crippen LogP contribution in [0.2, 0.25) is 5.02 Å². The second kappa shape index (κ2) is 6.92. The first-order valence-electron chi connectivity index (χ1n) is 6.53. The van der Waals surface area contributed by atoms with E-state index >= 15 is 0 Å². The molecule has 1 aliphatic rings. The van der Waals surface area contributed by atoms with E-state index in [9.17, 15) is 0 Å². The Morgan fingerprint density at radius 2 is 2.11 bits per heavy atom. The molecule has 0 radical (unpaired) electrons. The lowest BCUT2D eigenvalue weighted by Gasteiger charge is -2.21. The van der Waals surface area contributed by atoms with Gasteiger partial charge in [0, 0.05) is 8.59 Å². The molecule has 0 saturated carbocycles. The predicted octanol–water partition coefficient (Wildman–Crippen LogP) is 5.10. The number of likely N-dealkylation sites (N-methyl/N-ethyl adjacent to an activating group) is 1. The van der Waals surface area contributed by atoms with Crippen LogP contribution in [0.25, 0.3) is 0 Å². The van der Waals surface area contributed by atoms with E-state index in [4.69, 9.17) is 11.6 Å². The molecule has 0 aliphatic heterocycles. The summed E-state index contributed by atoms with van der Waals surface area (Å²) in [6, 6.07) is 6.46. The molecule has 1 aromatic carbocycles. The Kier molecular flexibility index (Phi) is 5.52. The van der Waals surface area contributed by atoms with Gasteiger partial charge < -0.3 is 5.32 Å². The largest absolute Gasteiger partial charge is 0.310 e. The molecule has 0 aromatic heterocycles. The minimum absolute atomic E-state index is 0.314. The van der Waals surface area contributed by atoms with Gasteiger partial charge in [-0.2, -0.15) is 0 Å². The average molecular weight is 376 g/mol. The third-order valence-corrected chi connectivity index (χ3v) is 4.72. The number of hydrogen-bond donors (Lipinski definition) is 1. The van der Waals surface area contributed by atoms with E-state index in [0.717, 1.165) is 5.02 Å². The van der Waals surface area contributed by atoms with Crippen molar-refractivity contribution in [1.82, 2.24) is 5.32 Å². The molecule has 0 amide bonds. The first-order valence-corrected chi connectivity index (χ1v) is 7.99. The number of hydrogen-bond acceptors (Lipinski definition) is 1. The van der Waals surface area contributed by atoms with Gasteiger partial charge in [0.25, 0.3) is 0 Å². The van der Waals surface area contributed by atoms with Gasteiger partial charge >= 0.3 is 0 Å². The van der Waals surface area contributed by atoms with E-state index < -0.39 is 0 Å². The van der Waals surface area contributed by atoms with Gasteiger partial charge in [-0.3, -0.25) is 0 Å². The van der Waals surface area contributed by atoms with Crippen molar-refractivity contribution in [3.63, 3.8) is 0 Å². The van der Waals surface area contributed by atoms with Gasteiger partial charge in [0.05, 0.1) is 6.04 Å². The van der Waals surface area contributed by atoms with Crippen LogP contribution >= 0.6 is 34.2 Å². The molecule has 0 bridgehead atoms. The number of halogens is 2. The maximum Gasteiger partial charge on any atom is 0.0544 e. The minimum Gasteiger partial charge on any atom is -0.310 e. The van der Waals surface area contributed by atoms with Crippen molar-refractivity contribution in [1.29, 1.82) is 0 Å². The van der Waals surface area contributed by atoms with Crippen LogP contribution in [0.1, 0.15) is 43.7 Å². The zero-order valence-corrected chi connectivity index (χ0v) is 13.6. The Hall–Kier alpha value is -0.0600. The van der Waals surface area contributed by atoms with E-state index in [1.54, 1.807) is 0 Å². The lowest BCUT2D eigenvalue weighted by molar-refractivity contribution is 0.627. The molecule has 0 spiro atoms. The quantitative estimate of drug-likeness (QED) is 0.573. The van der Waals surface area contributed by atoms with Gasteiger partial charge in [0.1, 0.15) is 0 Å². The summed E-state index contributed by atoms with van der Waals surface area (Å²) < 4.78 is 1.28. The summed E-state index contributed by atoms with van der Waals surface area (Å²) in [5.41, 5.74) is 2.83. The van der Waals surface area contributed by atoms with Gasteiger partial charge in [-0.05, 0) is 79.1 Å². The maximum atomic E-state index is 6.14. The molecular formula is C15H19ClIN. The second-order valence-electron chi connectivity index (χ2n) is 4.77. The fraction of sp³-hybridized carbons (Fsp3) is 0.467. The number of nitrogens with one attached hydrogen (secondary N) is 1. The summed E-state index contributed by atoms with van der Waals surface area (Å²) in [7, 11) is 2.04. The highest BCUT2D eigenvalue weighted by molar-refractivity contribution is 14.1. The number of allylic oxidation sites excluding steroid dienone is 1. The highest BCUT2D eigenvalue weighted by Gasteiger charge is 2.18. The van der Waals surface area contributed by atoms with Crippen LogP contribution in [0, 0.1) is 3.57 Å². The van der Waals surface area contributed by atoms with E-state index in [1.165, 1.54) is 46.8 Å². The lowest BCUT2D eigenvalue weighted by Crippen LogP contribution is -2.19. The standard InChI is InChI=1S/C15H19ClIN/c1-18-15(11-6-4-2-3-5-7-11)13-10-12(16)8-9-14(13)17/h6,8-10,15,18H,2-5,7H2,1H3. The molecule has 1 aliphatic carbocycles. The zero-order chi connectivity index (χ0) is 13.0. The molecule has 1 atom stereocenters. The monoisotopic (exact) mass is 375 g/mol. The molecule has 1 unspecified atom stereocenters. The molecule has 3 heteroatoms. The molecule has 0 saturated heterocycles. The van der Waals surface area contributed by atoms with Crippen LogP contribution in [-0.4, -0.2) is 7.05 Å². The minimum atomic E-state index is 0.314. The summed E-state index contributed by atoms with van der Waals surface area (Å²) in [6.07, 6.45) is 8.82. The fourth-order valence-corrected chi connectivity index (χ4v) is 3.41. The third-order valence-electron chi connectivity index (χ3n) is 3.50. The first kappa shape index (κ1) is 14.4. The molecule has 18 heavy (non-hydrogen) atoms. The topological polar surface area (TPSA) is 12.0 Å². The fourth-order valence-electron chi connectivity index (χ4n) is 2.58. The van der Waals surface area contributed by atoms with Gasteiger partial charge in [-0.25, -0.2) is 0 Å². The number of benzene rings is 1. The van der Waals surface area contributed by atoms with Crippen LogP contribution < -0.4 is 5.32 Å². The summed E-state index contributed by atoms with van der Waals surface area (Å²) in [4.78, 5) is 0. The second-order valence-corrected chi connectivity index (χ2v) is 6.36. The van der Waals surface area contributed by atoms with E-state index in [-0.39, 0.29) is 0 Å². The van der Waals surface area contributed by atoms with Gasteiger partial charge in [0.2, 0.25) is 0 Å². The Balaban J connectivity index is 2.32. The van der Waals surface area contributed by atoms with E-state index in [2.05, 4.69) is 46.1 Å². The zero-order valence-electron chi connectivity index (χ0n) is 10.7. The number of rotatable bonds is 3. The van der Waals surface area contributed by atoms with E-state index in [1.807, 2.05) is 13.1 Å². The Morgan fingerprint density at radius 1 is 1.28 bits per heavy atom. The van der Waals surface area contributed by atoms with Crippen LogP contribution in [0.5, 0.6) is 0 Å². The van der Waals surface area contributed by atoms with Crippen LogP contribution in [-0.2, 0) is 0 Å². The Morgan fingerprint density at radius 3 is 2.89 bits per heavy atom. The summed E-state index contributed by atoms with van der Waals surface area (Å²) in [5.74, 6) is 0. The summed E-state index contributed by atoms with van der Waals surface area (Å²) in [6.45, 7) is 0. The molecule has 1 nitrogen and oxygen atoms in total. The highest BCUT2D eigenvalue weighted by Crippen LogP contribution is 2.32. The lowest BCUT2D eigenvalue weighted by atomic mass is 9.95. The molecule has 98 valence electrons. The van der Waals surface area contributed by atoms with Crippen molar-refractivity contribution >= 4 is 34.2 Å². The van der Waals surface area contributed by atoms with Crippen molar-refractivity contribution < 1.29 is 0 Å². The van der Waals surface area contributed by atoms with Crippen LogP contribution in [0.3, 0.4) is 0 Å². The van der Waals surface area contributed by atoms with Crippen molar-refractivity contribution in [2.75, 3.05) is 7.05 Å². The average Bonchev–Trinajstić information content (AvgIpc) is 2.64. The maximum absolute atomic E-state index is 6.14. The SMILES string of the molecule is CNC(C1=CCCCCC1)c1cc(Cl)ccc1I. The molecule has 1 N–H and O–H groups in total. The van der Waals surface area contributed by atoms with Gasteiger partial charge in [-0.1, -0.05) is 29.7 Å². The first-order chi connectivity index (χ1) is 8.72. The Bertz CT molecular complexity index is 442. The summed E-state index contributed by atoms with van der Waals surface area (Å²) >= 11 is 8.53. The Labute approximate surface area is 128 Å². The predicted molar refractivity (Wildman–Crippen MR) is 87.1 cm³/mol. The van der Waals surface area contributed by atoms with Crippen molar-refractivity contribution in [3.05, 3.63) is 44.0 Å². The molecule has 1 aromatic rings. The van der Waals surface area contributed by atoms with E-state index in [0.29, 0.717) is 6.04 Å².